The van der Waals surface area contributed by atoms with E-state index in [2.05, 4.69) is 5.32 Å². The summed E-state index contributed by atoms with van der Waals surface area (Å²) in [5.74, 6) is 0.857. The van der Waals surface area contributed by atoms with Gasteiger partial charge in [-0.15, -0.1) is 0 Å². The van der Waals surface area contributed by atoms with Crippen molar-refractivity contribution in [3.8, 4) is 11.5 Å². The number of hydrogen-bond acceptors (Lipinski definition) is 3. The number of benzene rings is 2. The minimum absolute atomic E-state index is 0.170. The predicted molar refractivity (Wildman–Crippen MR) is 90.8 cm³/mol. The Morgan fingerprint density at radius 2 is 1.88 bits per heavy atom. The number of carbonyl (C=O) groups is 1. The van der Waals surface area contributed by atoms with Gasteiger partial charge in [0, 0.05) is 12.6 Å². The van der Waals surface area contributed by atoms with Crippen LogP contribution in [0, 0.1) is 5.82 Å². The van der Waals surface area contributed by atoms with Crippen LogP contribution in [0.3, 0.4) is 0 Å². The molecular formula is C19H22FNO3. The molecule has 1 N–H and O–H groups in total. The van der Waals surface area contributed by atoms with E-state index in [1.165, 1.54) is 12.1 Å². The second-order valence-corrected chi connectivity index (χ2v) is 5.46. The van der Waals surface area contributed by atoms with Gasteiger partial charge < -0.3 is 14.8 Å². The molecule has 0 bridgehead atoms. The lowest BCUT2D eigenvalue weighted by atomic mass is 10.1. The van der Waals surface area contributed by atoms with Crippen LogP contribution in [0.4, 0.5) is 4.39 Å². The second-order valence-electron chi connectivity index (χ2n) is 5.46. The molecule has 0 aliphatic rings. The van der Waals surface area contributed by atoms with Gasteiger partial charge >= 0.3 is 0 Å². The number of hydrogen-bond donors (Lipinski definition) is 1. The molecule has 0 unspecified atom stereocenters. The Kier molecular flexibility index (Phi) is 6.61. The zero-order valence-electron chi connectivity index (χ0n) is 13.9. The van der Waals surface area contributed by atoms with E-state index >= 15 is 0 Å². The Bertz CT molecular complexity index is 658. The quantitative estimate of drug-likeness (QED) is 0.755. The SMILES string of the molecule is COc1cccc(O[C@@H](C)C(=O)NCCCc2ccc(F)cc2)c1. The van der Waals surface area contributed by atoms with Crippen LogP contribution in [0.1, 0.15) is 18.9 Å². The van der Waals surface area contributed by atoms with Crippen molar-refractivity contribution in [3.05, 3.63) is 59.9 Å². The Hall–Kier alpha value is -2.56. The largest absolute Gasteiger partial charge is 0.497 e. The van der Waals surface area contributed by atoms with E-state index in [0.29, 0.717) is 18.0 Å². The maximum atomic E-state index is 12.8. The Morgan fingerprint density at radius 1 is 1.17 bits per heavy atom. The van der Waals surface area contributed by atoms with E-state index in [1.54, 1.807) is 38.3 Å². The Labute approximate surface area is 141 Å². The van der Waals surface area contributed by atoms with Gasteiger partial charge in [0.05, 0.1) is 7.11 Å². The van der Waals surface area contributed by atoms with Crippen molar-refractivity contribution in [1.29, 1.82) is 0 Å². The van der Waals surface area contributed by atoms with E-state index in [0.717, 1.165) is 18.4 Å². The topological polar surface area (TPSA) is 47.6 Å². The van der Waals surface area contributed by atoms with Crippen molar-refractivity contribution in [2.45, 2.75) is 25.9 Å². The normalized spacial score (nSPS) is 11.6. The highest BCUT2D eigenvalue weighted by Crippen LogP contribution is 2.19. The summed E-state index contributed by atoms with van der Waals surface area (Å²) < 4.78 is 23.6. The molecule has 1 atom stereocenters. The van der Waals surface area contributed by atoms with Crippen LogP contribution in [0.25, 0.3) is 0 Å². The fraction of sp³-hybridized carbons (Fsp3) is 0.316. The van der Waals surface area contributed by atoms with E-state index in [1.807, 2.05) is 12.1 Å². The molecule has 24 heavy (non-hydrogen) atoms. The van der Waals surface area contributed by atoms with Gasteiger partial charge in [-0.2, -0.15) is 0 Å². The molecule has 0 radical (unpaired) electrons. The molecule has 0 fully saturated rings. The fourth-order valence-corrected chi connectivity index (χ4v) is 2.23. The van der Waals surface area contributed by atoms with Crippen LogP contribution in [-0.2, 0) is 11.2 Å². The van der Waals surface area contributed by atoms with Crippen LogP contribution in [0.15, 0.2) is 48.5 Å². The van der Waals surface area contributed by atoms with E-state index in [9.17, 15) is 9.18 Å². The molecule has 2 aromatic rings. The molecule has 0 aliphatic heterocycles. The van der Waals surface area contributed by atoms with E-state index < -0.39 is 6.10 Å². The summed E-state index contributed by atoms with van der Waals surface area (Å²) in [7, 11) is 1.58. The van der Waals surface area contributed by atoms with Gasteiger partial charge in [0.15, 0.2) is 6.10 Å². The summed E-state index contributed by atoms with van der Waals surface area (Å²) in [5.41, 5.74) is 1.05. The van der Waals surface area contributed by atoms with E-state index in [4.69, 9.17) is 9.47 Å². The standard InChI is InChI=1S/C19H22FNO3/c1-14(24-18-7-3-6-17(13-18)23-2)19(22)21-12-4-5-15-8-10-16(20)11-9-15/h3,6-11,13-14H,4-5,12H2,1-2H3,(H,21,22)/t14-/m0/s1. The highest BCUT2D eigenvalue weighted by molar-refractivity contribution is 5.80. The van der Waals surface area contributed by atoms with Gasteiger partial charge in [-0.3, -0.25) is 4.79 Å². The molecule has 5 heteroatoms. The molecule has 0 saturated carbocycles. The number of carbonyl (C=O) groups excluding carboxylic acids is 1. The third kappa shape index (κ3) is 5.57. The number of amides is 1. The maximum Gasteiger partial charge on any atom is 0.260 e. The number of rotatable bonds is 8. The monoisotopic (exact) mass is 331 g/mol. The smallest absolute Gasteiger partial charge is 0.260 e. The lowest BCUT2D eigenvalue weighted by molar-refractivity contribution is -0.127. The minimum Gasteiger partial charge on any atom is -0.497 e. The van der Waals surface area contributed by atoms with Crippen molar-refractivity contribution in [3.63, 3.8) is 0 Å². The van der Waals surface area contributed by atoms with Crippen molar-refractivity contribution < 1.29 is 18.7 Å². The predicted octanol–water partition coefficient (Wildman–Crippen LogP) is 3.35. The average Bonchev–Trinajstić information content (AvgIpc) is 2.60. The first-order valence-electron chi connectivity index (χ1n) is 7.91. The summed E-state index contributed by atoms with van der Waals surface area (Å²) in [5, 5.41) is 2.84. The molecule has 2 rings (SSSR count). The average molecular weight is 331 g/mol. The molecule has 0 saturated heterocycles. The summed E-state index contributed by atoms with van der Waals surface area (Å²) in [6, 6.07) is 13.5. The molecular weight excluding hydrogens is 309 g/mol. The summed E-state index contributed by atoms with van der Waals surface area (Å²) in [6.45, 7) is 2.25. The van der Waals surface area contributed by atoms with Gasteiger partial charge in [-0.25, -0.2) is 4.39 Å². The maximum absolute atomic E-state index is 12.8. The van der Waals surface area contributed by atoms with Gasteiger partial charge in [0.2, 0.25) is 0 Å². The first-order valence-corrected chi connectivity index (χ1v) is 7.91. The van der Waals surface area contributed by atoms with Crippen molar-refractivity contribution >= 4 is 5.91 Å². The molecule has 0 aliphatic carbocycles. The summed E-state index contributed by atoms with van der Waals surface area (Å²) in [4.78, 5) is 12.0. The first-order chi connectivity index (χ1) is 11.6. The second kappa shape index (κ2) is 8.91. The minimum atomic E-state index is -0.595. The van der Waals surface area contributed by atoms with Crippen molar-refractivity contribution in [1.82, 2.24) is 5.32 Å². The molecule has 1 amide bonds. The highest BCUT2D eigenvalue weighted by atomic mass is 19.1. The van der Waals surface area contributed by atoms with Crippen LogP contribution in [0.2, 0.25) is 0 Å². The molecule has 4 nitrogen and oxygen atoms in total. The summed E-state index contributed by atoms with van der Waals surface area (Å²) in [6.07, 6.45) is 0.970. The van der Waals surface area contributed by atoms with Crippen LogP contribution in [0.5, 0.6) is 11.5 Å². The lowest BCUT2D eigenvalue weighted by Crippen LogP contribution is -2.36. The number of ether oxygens (including phenoxy) is 2. The Morgan fingerprint density at radius 3 is 2.58 bits per heavy atom. The number of nitrogens with one attached hydrogen (secondary N) is 1. The molecule has 0 heterocycles. The van der Waals surface area contributed by atoms with Crippen molar-refractivity contribution in [2.75, 3.05) is 13.7 Å². The number of halogens is 1. The first kappa shape index (κ1) is 17.8. The van der Waals surface area contributed by atoms with Crippen LogP contribution in [-0.4, -0.2) is 25.7 Å². The molecule has 128 valence electrons. The Balaban J connectivity index is 1.72. The fourth-order valence-electron chi connectivity index (χ4n) is 2.23. The van der Waals surface area contributed by atoms with Crippen LogP contribution < -0.4 is 14.8 Å². The van der Waals surface area contributed by atoms with Gasteiger partial charge in [0.1, 0.15) is 17.3 Å². The highest BCUT2D eigenvalue weighted by Gasteiger charge is 2.14. The molecule has 0 aromatic heterocycles. The van der Waals surface area contributed by atoms with Gasteiger partial charge in [0.25, 0.3) is 5.91 Å². The number of methoxy groups -OCH3 is 1. The van der Waals surface area contributed by atoms with Crippen molar-refractivity contribution in [2.24, 2.45) is 0 Å². The van der Waals surface area contributed by atoms with Crippen LogP contribution >= 0.6 is 0 Å². The van der Waals surface area contributed by atoms with Gasteiger partial charge in [-0.05, 0) is 49.6 Å². The number of aryl methyl sites for hydroxylation is 1. The third-order valence-corrected chi connectivity index (χ3v) is 3.58. The lowest BCUT2D eigenvalue weighted by Gasteiger charge is -2.15. The van der Waals surface area contributed by atoms with E-state index in [-0.39, 0.29) is 11.7 Å². The third-order valence-electron chi connectivity index (χ3n) is 3.58. The zero-order chi connectivity index (χ0) is 17.4. The molecule has 0 spiro atoms. The zero-order valence-corrected chi connectivity index (χ0v) is 13.9. The summed E-state index contributed by atoms with van der Waals surface area (Å²) >= 11 is 0. The molecule has 2 aromatic carbocycles. The van der Waals surface area contributed by atoms with Gasteiger partial charge in [-0.1, -0.05) is 18.2 Å².